The number of carbonyl (C=O) groups excluding carboxylic acids is 2. The minimum atomic E-state index is -4.76. The standard InChI is InChI=1S/C46H87O8P/c1-3-5-7-9-11-13-15-17-19-20-21-22-23-24-25-27-29-31-33-35-37-39-41-46(48)54-44(43-53-55(49,50)51)42-52-45(47)40-38-36-34-32-30-28-26-18-16-14-12-10-8-6-4-2/h14,16,18,26,44H,3-13,15,17,19-25,27-43H2,1-2H3,(H2,49,50,51)/b16-14+,26-18+/t44-/m1/s1. The van der Waals surface area contributed by atoms with Gasteiger partial charge in [0.05, 0.1) is 6.61 Å². The largest absolute Gasteiger partial charge is 0.469 e. The highest BCUT2D eigenvalue weighted by molar-refractivity contribution is 7.46. The number of carbonyl (C=O) groups is 2. The summed E-state index contributed by atoms with van der Waals surface area (Å²) in [4.78, 5) is 42.9. The minimum Gasteiger partial charge on any atom is -0.462 e. The maximum Gasteiger partial charge on any atom is 0.469 e. The first kappa shape index (κ1) is 53.5. The lowest BCUT2D eigenvalue weighted by molar-refractivity contribution is -0.161. The highest BCUT2D eigenvalue weighted by atomic mass is 31.2. The van der Waals surface area contributed by atoms with Crippen molar-refractivity contribution in [2.75, 3.05) is 13.2 Å². The number of hydrogen-bond acceptors (Lipinski definition) is 6. The van der Waals surface area contributed by atoms with Crippen molar-refractivity contribution in [1.29, 1.82) is 0 Å². The van der Waals surface area contributed by atoms with Crippen LogP contribution in [0.4, 0.5) is 0 Å². The molecular weight excluding hydrogens is 711 g/mol. The zero-order valence-electron chi connectivity index (χ0n) is 35.8. The van der Waals surface area contributed by atoms with Gasteiger partial charge in [0.15, 0.2) is 6.10 Å². The van der Waals surface area contributed by atoms with Crippen molar-refractivity contribution in [2.45, 2.75) is 245 Å². The summed E-state index contributed by atoms with van der Waals surface area (Å²) in [6, 6.07) is 0. The predicted molar refractivity (Wildman–Crippen MR) is 230 cm³/mol. The normalized spacial score (nSPS) is 12.6. The van der Waals surface area contributed by atoms with E-state index >= 15 is 0 Å². The van der Waals surface area contributed by atoms with Crippen LogP contribution < -0.4 is 0 Å². The molecule has 0 unspecified atom stereocenters. The molecule has 0 spiro atoms. The van der Waals surface area contributed by atoms with Crippen molar-refractivity contribution < 1.29 is 37.9 Å². The summed E-state index contributed by atoms with van der Waals surface area (Å²) < 4.78 is 26.4. The molecule has 55 heavy (non-hydrogen) atoms. The van der Waals surface area contributed by atoms with Gasteiger partial charge >= 0.3 is 19.8 Å². The van der Waals surface area contributed by atoms with Gasteiger partial charge in [-0.3, -0.25) is 14.1 Å². The van der Waals surface area contributed by atoms with Gasteiger partial charge in [0.1, 0.15) is 6.61 Å². The van der Waals surface area contributed by atoms with E-state index in [1.165, 1.54) is 141 Å². The van der Waals surface area contributed by atoms with Crippen molar-refractivity contribution in [3.8, 4) is 0 Å². The number of phosphoric acid groups is 1. The van der Waals surface area contributed by atoms with Crippen LogP contribution in [0.25, 0.3) is 0 Å². The summed E-state index contributed by atoms with van der Waals surface area (Å²) in [5.41, 5.74) is 0. The first-order chi connectivity index (χ1) is 26.8. The highest BCUT2D eigenvalue weighted by Gasteiger charge is 2.23. The molecule has 9 heteroatoms. The molecule has 0 saturated heterocycles. The molecule has 0 aliphatic carbocycles. The van der Waals surface area contributed by atoms with Crippen LogP contribution in [0.1, 0.15) is 239 Å². The van der Waals surface area contributed by atoms with Crippen molar-refractivity contribution in [2.24, 2.45) is 0 Å². The monoisotopic (exact) mass is 799 g/mol. The Bertz CT molecular complexity index is 946. The maximum absolute atomic E-state index is 12.4. The third kappa shape index (κ3) is 45.1. The van der Waals surface area contributed by atoms with Gasteiger partial charge in [-0.25, -0.2) is 4.57 Å². The fraction of sp³-hybridized carbons (Fsp3) is 0.870. The van der Waals surface area contributed by atoms with Crippen LogP contribution in [0, 0.1) is 0 Å². The van der Waals surface area contributed by atoms with Crippen LogP contribution in [0.2, 0.25) is 0 Å². The van der Waals surface area contributed by atoms with Gasteiger partial charge in [-0.05, 0) is 38.5 Å². The Morgan fingerprint density at radius 3 is 1.18 bits per heavy atom. The van der Waals surface area contributed by atoms with Gasteiger partial charge in [-0.1, -0.05) is 212 Å². The van der Waals surface area contributed by atoms with E-state index in [9.17, 15) is 14.2 Å². The summed E-state index contributed by atoms with van der Waals surface area (Å²) in [6.45, 7) is 3.68. The van der Waals surface area contributed by atoms with E-state index < -0.39 is 32.5 Å². The summed E-state index contributed by atoms with van der Waals surface area (Å²) >= 11 is 0. The number of unbranched alkanes of at least 4 members (excludes halogenated alkanes) is 30. The van der Waals surface area contributed by atoms with Crippen LogP contribution in [0.5, 0.6) is 0 Å². The van der Waals surface area contributed by atoms with E-state index in [4.69, 9.17) is 19.3 Å². The second kappa shape index (κ2) is 42.1. The van der Waals surface area contributed by atoms with Crippen LogP contribution in [-0.2, 0) is 28.2 Å². The molecule has 0 fully saturated rings. The van der Waals surface area contributed by atoms with E-state index in [1.807, 2.05) is 0 Å². The molecule has 0 aliphatic rings. The Balaban J connectivity index is 3.83. The Morgan fingerprint density at radius 1 is 0.473 bits per heavy atom. The third-order valence-corrected chi connectivity index (χ3v) is 10.7. The van der Waals surface area contributed by atoms with Gasteiger partial charge < -0.3 is 19.3 Å². The minimum absolute atomic E-state index is 0.213. The average molecular weight is 799 g/mol. The molecule has 0 aromatic rings. The molecule has 2 N–H and O–H groups in total. The molecular formula is C46H87O8P. The van der Waals surface area contributed by atoms with Crippen molar-refractivity contribution in [1.82, 2.24) is 0 Å². The van der Waals surface area contributed by atoms with E-state index in [0.29, 0.717) is 12.8 Å². The van der Waals surface area contributed by atoms with Gasteiger partial charge in [0, 0.05) is 12.8 Å². The molecule has 8 nitrogen and oxygen atoms in total. The summed E-state index contributed by atoms with van der Waals surface area (Å²) in [5.74, 6) is -0.891. The molecule has 0 aromatic heterocycles. The number of hydrogen-bond donors (Lipinski definition) is 2. The molecule has 0 radical (unpaired) electrons. The van der Waals surface area contributed by atoms with Crippen molar-refractivity contribution >= 4 is 19.8 Å². The number of allylic oxidation sites excluding steroid dienone is 4. The maximum atomic E-state index is 12.4. The first-order valence-corrected chi connectivity index (χ1v) is 24.7. The van der Waals surface area contributed by atoms with Crippen LogP contribution in [0.3, 0.4) is 0 Å². The highest BCUT2D eigenvalue weighted by Crippen LogP contribution is 2.36. The van der Waals surface area contributed by atoms with Crippen molar-refractivity contribution in [3.05, 3.63) is 24.3 Å². The molecule has 324 valence electrons. The van der Waals surface area contributed by atoms with Crippen LogP contribution in [-0.4, -0.2) is 41.0 Å². The van der Waals surface area contributed by atoms with Crippen molar-refractivity contribution in [3.63, 3.8) is 0 Å². The molecule has 0 amide bonds. The number of phosphoric ester groups is 1. The smallest absolute Gasteiger partial charge is 0.462 e. The molecule has 0 aliphatic heterocycles. The quantitative estimate of drug-likeness (QED) is 0.0271. The molecule has 0 aromatic carbocycles. The number of ether oxygens (including phenoxy) is 2. The van der Waals surface area contributed by atoms with Gasteiger partial charge in [-0.2, -0.15) is 0 Å². The summed E-state index contributed by atoms with van der Waals surface area (Å²) in [6.07, 6.45) is 49.1. The van der Waals surface area contributed by atoms with E-state index in [0.717, 1.165) is 57.8 Å². The Kier molecular flexibility index (Phi) is 41.0. The lowest BCUT2D eigenvalue weighted by Gasteiger charge is -2.18. The first-order valence-electron chi connectivity index (χ1n) is 23.1. The van der Waals surface area contributed by atoms with Gasteiger partial charge in [0.2, 0.25) is 0 Å². The molecule has 0 saturated carbocycles. The van der Waals surface area contributed by atoms with Gasteiger partial charge in [0.25, 0.3) is 0 Å². The summed E-state index contributed by atoms with van der Waals surface area (Å²) in [7, 11) is -4.76. The van der Waals surface area contributed by atoms with Crippen LogP contribution in [0.15, 0.2) is 24.3 Å². The van der Waals surface area contributed by atoms with E-state index in [2.05, 4.69) is 42.7 Å². The second-order valence-corrected chi connectivity index (χ2v) is 17.0. The molecule has 1 atom stereocenters. The molecule has 0 rings (SSSR count). The van der Waals surface area contributed by atoms with E-state index in [1.54, 1.807) is 0 Å². The van der Waals surface area contributed by atoms with Gasteiger partial charge in [-0.15, -0.1) is 0 Å². The van der Waals surface area contributed by atoms with E-state index in [-0.39, 0.29) is 19.4 Å². The lowest BCUT2D eigenvalue weighted by atomic mass is 10.0. The third-order valence-electron chi connectivity index (χ3n) is 10.3. The number of rotatable bonds is 43. The zero-order chi connectivity index (χ0) is 40.3. The summed E-state index contributed by atoms with van der Waals surface area (Å²) in [5, 5.41) is 0. The Hall–Kier alpha value is -1.47. The zero-order valence-corrected chi connectivity index (χ0v) is 36.7. The fourth-order valence-electron chi connectivity index (χ4n) is 6.78. The predicted octanol–water partition coefficient (Wildman–Crippen LogP) is 14.4. The lowest BCUT2D eigenvalue weighted by Crippen LogP contribution is -2.29. The average Bonchev–Trinajstić information content (AvgIpc) is 3.16. The second-order valence-electron chi connectivity index (χ2n) is 15.8. The topological polar surface area (TPSA) is 119 Å². The SMILES string of the molecule is CCCCCC/C=C/C=C/CCCCCCCC(=O)OC[C@H](COP(=O)(O)O)OC(=O)CCCCCCCCCCCCCCCCCCCCCCCC. The Labute approximate surface area is 339 Å². The molecule has 0 bridgehead atoms. The van der Waals surface area contributed by atoms with Crippen LogP contribution >= 0.6 is 7.82 Å². The number of esters is 2. The Morgan fingerprint density at radius 2 is 0.800 bits per heavy atom. The fourth-order valence-corrected chi connectivity index (χ4v) is 7.14. The molecule has 0 heterocycles.